The molecule has 1 aromatic carbocycles. The summed E-state index contributed by atoms with van der Waals surface area (Å²) in [7, 11) is 0. The Hall–Kier alpha value is -1.15. The summed E-state index contributed by atoms with van der Waals surface area (Å²) in [6.45, 7) is 6.31. The van der Waals surface area contributed by atoms with Crippen molar-refractivity contribution in [3.05, 3.63) is 35.4 Å². The molecule has 2 N–H and O–H groups in total. The van der Waals surface area contributed by atoms with Gasteiger partial charge >= 0.3 is 0 Å². The van der Waals surface area contributed by atoms with E-state index in [0.29, 0.717) is 5.92 Å². The van der Waals surface area contributed by atoms with Crippen molar-refractivity contribution in [3.8, 4) is 0 Å². The van der Waals surface area contributed by atoms with Crippen molar-refractivity contribution >= 4 is 5.78 Å². The van der Waals surface area contributed by atoms with Gasteiger partial charge in [0, 0.05) is 5.56 Å². The minimum atomic E-state index is -0.368. The van der Waals surface area contributed by atoms with Gasteiger partial charge in [-0.05, 0) is 24.3 Å². The smallest absolute Gasteiger partial charge is 0.179 e. The Morgan fingerprint density at radius 1 is 1.24 bits per heavy atom. The molecule has 0 spiro atoms. The zero-order valence-electron chi connectivity index (χ0n) is 11.1. The number of hydrogen-bond acceptors (Lipinski definition) is 2. The SMILES string of the molecule is CCCc1ccc(C(=O)C(N)CC(C)C)cc1. The van der Waals surface area contributed by atoms with Gasteiger partial charge in [0.25, 0.3) is 0 Å². The third-order valence-electron chi connectivity index (χ3n) is 2.84. The van der Waals surface area contributed by atoms with Gasteiger partial charge in [-0.1, -0.05) is 51.5 Å². The molecule has 0 saturated heterocycles. The predicted octanol–water partition coefficient (Wildman–Crippen LogP) is 3.20. The molecule has 1 rings (SSSR count). The van der Waals surface area contributed by atoms with Crippen LogP contribution in [0.1, 0.15) is 49.5 Å². The molecule has 2 nitrogen and oxygen atoms in total. The molecule has 0 aliphatic heterocycles. The Morgan fingerprint density at radius 2 is 1.82 bits per heavy atom. The maximum Gasteiger partial charge on any atom is 0.179 e. The predicted molar refractivity (Wildman–Crippen MR) is 72.2 cm³/mol. The number of aryl methyl sites for hydroxylation is 1. The molecule has 0 aliphatic carbocycles. The van der Waals surface area contributed by atoms with Crippen LogP contribution in [0.3, 0.4) is 0 Å². The average Bonchev–Trinajstić information content (AvgIpc) is 2.28. The normalized spacial score (nSPS) is 12.8. The molecular formula is C15H23NO. The topological polar surface area (TPSA) is 43.1 Å². The zero-order chi connectivity index (χ0) is 12.8. The van der Waals surface area contributed by atoms with Crippen molar-refractivity contribution in [3.63, 3.8) is 0 Å². The lowest BCUT2D eigenvalue weighted by atomic mass is 9.96. The monoisotopic (exact) mass is 233 g/mol. The molecule has 0 fully saturated rings. The number of carbonyl (C=O) groups is 1. The first-order valence-electron chi connectivity index (χ1n) is 6.43. The van der Waals surface area contributed by atoms with Crippen LogP contribution in [0.25, 0.3) is 0 Å². The van der Waals surface area contributed by atoms with Crippen LogP contribution >= 0.6 is 0 Å². The largest absolute Gasteiger partial charge is 0.321 e. The van der Waals surface area contributed by atoms with Crippen LogP contribution in [0.2, 0.25) is 0 Å². The maximum atomic E-state index is 12.0. The third-order valence-corrected chi connectivity index (χ3v) is 2.84. The number of carbonyl (C=O) groups excluding carboxylic acids is 1. The average molecular weight is 233 g/mol. The van der Waals surface area contributed by atoms with Crippen LogP contribution in [0.5, 0.6) is 0 Å². The van der Waals surface area contributed by atoms with Crippen LogP contribution in [-0.2, 0) is 6.42 Å². The summed E-state index contributed by atoms with van der Waals surface area (Å²) in [4.78, 5) is 12.0. The molecule has 94 valence electrons. The molecule has 1 unspecified atom stereocenters. The van der Waals surface area contributed by atoms with Crippen LogP contribution in [0.4, 0.5) is 0 Å². The molecule has 0 heterocycles. The van der Waals surface area contributed by atoms with Gasteiger partial charge in [0.2, 0.25) is 0 Å². The molecule has 0 radical (unpaired) electrons. The highest BCUT2D eigenvalue weighted by molar-refractivity contribution is 5.99. The highest BCUT2D eigenvalue weighted by Gasteiger charge is 2.16. The molecule has 0 saturated carbocycles. The Morgan fingerprint density at radius 3 is 2.29 bits per heavy atom. The Kier molecular flexibility index (Phi) is 5.36. The van der Waals surface area contributed by atoms with Gasteiger partial charge in [0.15, 0.2) is 5.78 Å². The van der Waals surface area contributed by atoms with Crippen molar-refractivity contribution in [1.82, 2.24) is 0 Å². The lowest BCUT2D eigenvalue weighted by Crippen LogP contribution is -2.31. The quantitative estimate of drug-likeness (QED) is 0.767. The minimum absolute atomic E-state index is 0.0572. The lowest BCUT2D eigenvalue weighted by Gasteiger charge is -2.13. The summed E-state index contributed by atoms with van der Waals surface area (Å²) in [5, 5.41) is 0. The first kappa shape index (κ1) is 13.9. The Balaban J connectivity index is 2.69. The lowest BCUT2D eigenvalue weighted by molar-refractivity contribution is 0.0951. The van der Waals surface area contributed by atoms with Crippen LogP contribution in [0, 0.1) is 5.92 Å². The minimum Gasteiger partial charge on any atom is -0.321 e. The van der Waals surface area contributed by atoms with Gasteiger partial charge < -0.3 is 5.73 Å². The first-order valence-corrected chi connectivity index (χ1v) is 6.43. The molecule has 0 bridgehead atoms. The van der Waals surface area contributed by atoms with E-state index in [2.05, 4.69) is 20.8 Å². The molecule has 0 aliphatic rings. The molecular weight excluding hydrogens is 210 g/mol. The van der Waals surface area contributed by atoms with Crippen molar-refractivity contribution < 1.29 is 4.79 Å². The third kappa shape index (κ3) is 4.31. The molecule has 1 aromatic rings. The van der Waals surface area contributed by atoms with E-state index in [4.69, 9.17) is 5.73 Å². The fourth-order valence-electron chi connectivity index (χ4n) is 1.95. The van der Waals surface area contributed by atoms with Gasteiger partial charge in [0.1, 0.15) is 0 Å². The molecule has 0 aromatic heterocycles. The van der Waals surface area contributed by atoms with Crippen LogP contribution < -0.4 is 5.73 Å². The summed E-state index contributed by atoms with van der Waals surface area (Å²) < 4.78 is 0. The summed E-state index contributed by atoms with van der Waals surface area (Å²) in [5.41, 5.74) is 7.91. The van der Waals surface area contributed by atoms with Gasteiger partial charge in [-0.25, -0.2) is 0 Å². The van der Waals surface area contributed by atoms with E-state index >= 15 is 0 Å². The van der Waals surface area contributed by atoms with Crippen molar-refractivity contribution in [2.24, 2.45) is 11.7 Å². The van der Waals surface area contributed by atoms with Gasteiger partial charge in [-0.3, -0.25) is 4.79 Å². The van der Waals surface area contributed by atoms with E-state index in [-0.39, 0.29) is 11.8 Å². The number of rotatable bonds is 6. The summed E-state index contributed by atoms with van der Waals surface area (Å²) in [6, 6.07) is 7.48. The van der Waals surface area contributed by atoms with Crippen LogP contribution in [-0.4, -0.2) is 11.8 Å². The van der Waals surface area contributed by atoms with Crippen molar-refractivity contribution in [2.45, 2.75) is 46.1 Å². The fraction of sp³-hybridized carbons (Fsp3) is 0.533. The number of benzene rings is 1. The molecule has 2 heteroatoms. The van der Waals surface area contributed by atoms with E-state index < -0.39 is 0 Å². The van der Waals surface area contributed by atoms with E-state index in [1.54, 1.807) is 0 Å². The number of Topliss-reactive ketones (excluding diaryl/α,β-unsaturated/α-hetero) is 1. The van der Waals surface area contributed by atoms with E-state index in [9.17, 15) is 4.79 Å². The molecule has 17 heavy (non-hydrogen) atoms. The fourth-order valence-corrected chi connectivity index (χ4v) is 1.95. The Bertz CT molecular complexity index is 354. The van der Waals surface area contributed by atoms with Gasteiger partial charge in [0.05, 0.1) is 6.04 Å². The Labute approximate surface area is 104 Å². The molecule has 1 atom stereocenters. The second-order valence-electron chi connectivity index (χ2n) is 5.05. The number of ketones is 1. The maximum absolute atomic E-state index is 12.0. The number of nitrogens with two attached hydrogens (primary N) is 1. The van der Waals surface area contributed by atoms with Gasteiger partial charge in [-0.2, -0.15) is 0 Å². The summed E-state index contributed by atoms with van der Waals surface area (Å²) in [6.07, 6.45) is 2.93. The van der Waals surface area contributed by atoms with Gasteiger partial charge in [-0.15, -0.1) is 0 Å². The second kappa shape index (κ2) is 6.55. The highest BCUT2D eigenvalue weighted by atomic mass is 16.1. The summed E-state index contributed by atoms with van der Waals surface area (Å²) >= 11 is 0. The molecule has 0 amide bonds. The van der Waals surface area contributed by atoms with E-state index in [1.807, 2.05) is 24.3 Å². The zero-order valence-corrected chi connectivity index (χ0v) is 11.1. The van der Waals surface area contributed by atoms with E-state index in [1.165, 1.54) is 5.56 Å². The van der Waals surface area contributed by atoms with Crippen molar-refractivity contribution in [2.75, 3.05) is 0 Å². The second-order valence-corrected chi connectivity index (χ2v) is 5.05. The highest BCUT2D eigenvalue weighted by Crippen LogP contribution is 2.12. The number of hydrogen-bond donors (Lipinski definition) is 1. The van der Waals surface area contributed by atoms with Crippen LogP contribution in [0.15, 0.2) is 24.3 Å². The van der Waals surface area contributed by atoms with Crippen molar-refractivity contribution in [1.29, 1.82) is 0 Å². The standard InChI is InChI=1S/C15H23NO/c1-4-5-12-6-8-13(9-7-12)15(17)14(16)10-11(2)3/h6-9,11,14H,4-5,10,16H2,1-3H3. The summed E-state index contributed by atoms with van der Waals surface area (Å²) in [5.74, 6) is 0.509. The van der Waals surface area contributed by atoms with E-state index in [0.717, 1.165) is 24.8 Å². The first-order chi connectivity index (χ1) is 8.04.